The first-order valence-electron chi connectivity index (χ1n) is 3.49. The van der Waals surface area contributed by atoms with E-state index in [1.807, 2.05) is 12.1 Å². The summed E-state index contributed by atoms with van der Waals surface area (Å²) in [5, 5.41) is 7.97. The Morgan fingerprint density at radius 3 is 2.85 bits per heavy atom. The van der Waals surface area contributed by atoms with Gasteiger partial charge in [-0.2, -0.15) is 0 Å². The molecule has 0 aliphatic heterocycles. The number of hydrogen-bond acceptors (Lipinski definition) is 3. The Morgan fingerprint density at radius 1 is 1.38 bits per heavy atom. The van der Waals surface area contributed by atoms with Crippen molar-refractivity contribution in [2.45, 2.75) is 0 Å². The highest BCUT2D eigenvalue weighted by Gasteiger charge is 2.05. The number of nitrogens with zero attached hydrogens (tertiary/aromatic N) is 2. The second kappa shape index (κ2) is 3.47. The van der Waals surface area contributed by atoms with Crippen molar-refractivity contribution in [3.8, 4) is 11.5 Å². The van der Waals surface area contributed by atoms with E-state index in [-0.39, 0.29) is 0 Å². The summed E-state index contributed by atoms with van der Waals surface area (Å²) in [5.74, 6) is 0.467. The number of benzene rings is 1. The van der Waals surface area contributed by atoms with E-state index in [0.717, 1.165) is 10.0 Å². The van der Waals surface area contributed by atoms with Crippen molar-refractivity contribution in [3.05, 3.63) is 34.1 Å². The summed E-state index contributed by atoms with van der Waals surface area (Å²) in [6.07, 6.45) is 1.28. The smallest absolute Gasteiger partial charge is 0.247 e. The summed E-state index contributed by atoms with van der Waals surface area (Å²) in [6.45, 7) is 0. The van der Waals surface area contributed by atoms with Gasteiger partial charge in [0.15, 0.2) is 0 Å². The van der Waals surface area contributed by atoms with Crippen LogP contribution in [0.3, 0.4) is 0 Å². The number of aromatic nitrogens is 2. The molecule has 0 atom stereocenters. The molecule has 5 heteroatoms. The van der Waals surface area contributed by atoms with Gasteiger partial charge in [0.2, 0.25) is 12.3 Å². The molecule has 0 unspecified atom stereocenters. The van der Waals surface area contributed by atoms with Crippen LogP contribution in [0.2, 0.25) is 5.02 Å². The van der Waals surface area contributed by atoms with Gasteiger partial charge in [-0.05, 0) is 34.1 Å². The van der Waals surface area contributed by atoms with Crippen LogP contribution in [0.15, 0.2) is 33.5 Å². The Hall–Kier alpha value is -0.870. The molecule has 0 radical (unpaired) electrons. The maximum absolute atomic E-state index is 5.89. The number of halogens is 2. The molecule has 0 amide bonds. The van der Waals surface area contributed by atoms with Crippen molar-refractivity contribution < 1.29 is 4.42 Å². The largest absolute Gasteiger partial charge is 0.423 e. The van der Waals surface area contributed by atoms with Crippen molar-refractivity contribution >= 4 is 27.5 Å². The lowest BCUT2D eigenvalue weighted by Crippen LogP contribution is -1.78. The lowest BCUT2D eigenvalue weighted by Gasteiger charge is -1.97. The van der Waals surface area contributed by atoms with E-state index in [2.05, 4.69) is 26.1 Å². The number of rotatable bonds is 1. The third-order valence-corrected chi connectivity index (χ3v) is 2.76. The lowest BCUT2D eigenvalue weighted by molar-refractivity contribution is 0.568. The van der Waals surface area contributed by atoms with Crippen LogP contribution in [0.5, 0.6) is 0 Å². The highest BCUT2D eigenvalue weighted by molar-refractivity contribution is 9.10. The maximum atomic E-state index is 5.89. The second-order valence-electron chi connectivity index (χ2n) is 2.37. The van der Waals surface area contributed by atoms with Crippen molar-refractivity contribution in [2.24, 2.45) is 0 Å². The molecule has 2 rings (SSSR count). The van der Waals surface area contributed by atoms with Gasteiger partial charge in [0.25, 0.3) is 0 Å². The molecule has 0 aliphatic rings. The van der Waals surface area contributed by atoms with Crippen LogP contribution in [0, 0.1) is 0 Å². The summed E-state index contributed by atoms with van der Waals surface area (Å²) in [6, 6.07) is 5.45. The predicted octanol–water partition coefficient (Wildman–Crippen LogP) is 3.15. The molecule has 0 bridgehead atoms. The summed E-state index contributed by atoms with van der Waals surface area (Å²) in [4.78, 5) is 0. The van der Waals surface area contributed by atoms with E-state index < -0.39 is 0 Å². The topological polar surface area (TPSA) is 38.9 Å². The van der Waals surface area contributed by atoms with Gasteiger partial charge in [-0.3, -0.25) is 0 Å². The molecule has 1 aromatic carbocycles. The standard InChI is InChI=1S/C8H4BrClN2O/c9-6-2-1-5(3-7(6)10)8-12-11-4-13-8/h1-4H. The van der Waals surface area contributed by atoms with Crippen LogP contribution in [0.25, 0.3) is 11.5 Å². The SMILES string of the molecule is Clc1cc(-c2nnco2)ccc1Br. The van der Waals surface area contributed by atoms with Gasteiger partial charge in [-0.1, -0.05) is 11.6 Å². The summed E-state index contributed by atoms with van der Waals surface area (Å²) >= 11 is 9.19. The molecule has 3 nitrogen and oxygen atoms in total. The minimum Gasteiger partial charge on any atom is -0.423 e. The zero-order valence-corrected chi connectivity index (χ0v) is 8.71. The van der Waals surface area contributed by atoms with Crippen LogP contribution < -0.4 is 0 Å². The van der Waals surface area contributed by atoms with Crippen molar-refractivity contribution in [2.75, 3.05) is 0 Å². The van der Waals surface area contributed by atoms with Gasteiger partial charge in [0.1, 0.15) is 0 Å². The molecular weight excluding hydrogens is 255 g/mol. The van der Waals surface area contributed by atoms with Gasteiger partial charge in [-0.25, -0.2) is 0 Å². The van der Waals surface area contributed by atoms with E-state index in [1.165, 1.54) is 6.39 Å². The summed E-state index contributed by atoms with van der Waals surface area (Å²) in [7, 11) is 0. The molecule has 0 N–H and O–H groups in total. The normalized spacial score (nSPS) is 10.3. The Morgan fingerprint density at radius 2 is 2.23 bits per heavy atom. The van der Waals surface area contributed by atoms with Crippen LogP contribution in [0.1, 0.15) is 0 Å². The van der Waals surface area contributed by atoms with Crippen molar-refractivity contribution in [1.82, 2.24) is 10.2 Å². The monoisotopic (exact) mass is 258 g/mol. The molecule has 1 heterocycles. The average Bonchev–Trinajstić information content (AvgIpc) is 2.62. The van der Waals surface area contributed by atoms with Gasteiger partial charge in [0.05, 0.1) is 5.02 Å². The molecule has 0 spiro atoms. The Kier molecular flexibility index (Phi) is 2.33. The third-order valence-electron chi connectivity index (χ3n) is 1.53. The molecule has 1 aromatic heterocycles. The lowest BCUT2D eigenvalue weighted by atomic mass is 10.2. The van der Waals surface area contributed by atoms with Gasteiger partial charge < -0.3 is 4.42 Å². The van der Waals surface area contributed by atoms with Crippen LogP contribution in [-0.4, -0.2) is 10.2 Å². The van der Waals surface area contributed by atoms with E-state index in [9.17, 15) is 0 Å². The Balaban J connectivity index is 2.49. The van der Waals surface area contributed by atoms with E-state index >= 15 is 0 Å². The fourth-order valence-electron chi connectivity index (χ4n) is 0.928. The van der Waals surface area contributed by atoms with Gasteiger partial charge in [0, 0.05) is 10.0 Å². The quantitative estimate of drug-likeness (QED) is 0.790. The maximum Gasteiger partial charge on any atom is 0.247 e. The van der Waals surface area contributed by atoms with Crippen LogP contribution in [-0.2, 0) is 0 Å². The minimum atomic E-state index is 0.467. The molecule has 66 valence electrons. The molecule has 0 saturated heterocycles. The molecule has 13 heavy (non-hydrogen) atoms. The highest BCUT2D eigenvalue weighted by Crippen LogP contribution is 2.27. The van der Waals surface area contributed by atoms with Gasteiger partial charge >= 0.3 is 0 Å². The van der Waals surface area contributed by atoms with E-state index in [0.29, 0.717) is 10.9 Å². The Labute approximate surface area is 87.9 Å². The number of hydrogen-bond donors (Lipinski definition) is 0. The first kappa shape index (κ1) is 8.72. The predicted molar refractivity (Wildman–Crippen MR) is 52.4 cm³/mol. The zero-order chi connectivity index (χ0) is 9.26. The fourth-order valence-corrected chi connectivity index (χ4v) is 1.36. The van der Waals surface area contributed by atoms with Crippen LogP contribution >= 0.6 is 27.5 Å². The zero-order valence-electron chi connectivity index (χ0n) is 6.37. The van der Waals surface area contributed by atoms with Gasteiger partial charge in [-0.15, -0.1) is 10.2 Å². The first-order chi connectivity index (χ1) is 6.27. The average molecular weight is 259 g/mol. The molecular formula is C8H4BrClN2O. The van der Waals surface area contributed by atoms with E-state index in [1.54, 1.807) is 6.07 Å². The van der Waals surface area contributed by atoms with E-state index in [4.69, 9.17) is 16.0 Å². The summed E-state index contributed by atoms with van der Waals surface area (Å²) < 4.78 is 5.86. The van der Waals surface area contributed by atoms with Crippen molar-refractivity contribution in [1.29, 1.82) is 0 Å². The highest BCUT2D eigenvalue weighted by atomic mass is 79.9. The molecule has 0 aliphatic carbocycles. The van der Waals surface area contributed by atoms with Crippen LogP contribution in [0.4, 0.5) is 0 Å². The summed E-state index contributed by atoms with van der Waals surface area (Å²) in [5.41, 5.74) is 0.811. The molecule has 0 saturated carbocycles. The minimum absolute atomic E-state index is 0.467. The Bertz CT molecular complexity index is 416. The third kappa shape index (κ3) is 1.73. The fraction of sp³-hybridized carbons (Fsp3) is 0. The molecule has 2 aromatic rings. The second-order valence-corrected chi connectivity index (χ2v) is 3.63. The van der Waals surface area contributed by atoms with Crippen molar-refractivity contribution in [3.63, 3.8) is 0 Å². The first-order valence-corrected chi connectivity index (χ1v) is 4.66. The molecule has 0 fully saturated rings.